The minimum absolute atomic E-state index is 1.14. The van der Waals surface area contributed by atoms with Crippen LogP contribution >= 0.6 is 0 Å². The number of hydrogen-bond donors (Lipinski definition) is 0. The van der Waals surface area contributed by atoms with Crippen LogP contribution in [-0.2, 0) is 0 Å². The Labute approximate surface area is 142 Å². The Morgan fingerprint density at radius 3 is 2.08 bits per heavy atom. The predicted molar refractivity (Wildman–Crippen MR) is 106 cm³/mol. The molecular weight excluding hydrogens is 288 g/mol. The molecule has 0 amide bonds. The maximum Gasteiger partial charge on any atom is -0.00990 e. The van der Waals surface area contributed by atoms with Crippen molar-refractivity contribution in [2.45, 2.75) is 0 Å². The van der Waals surface area contributed by atoms with Crippen molar-refractivity contribution in [3.8, 4) is 0 Å². The van der Waals surface area contributed by atoms with E-state index in [4.69, 9.17) is 0 Å². The van der Waals surface area contributed by atoms with E-state index in [9.17, 15) is 0 Å². The topological polar surface area (TPSA) is 0 Å². The van der Waals surface area contributed by atoms with E-state index in [2.05, 4.69) is 91.5 Å². The monoisotopic (exact) mass is 306 g/mol. The summed E-state index contributed by atoms with van der Waals surface area (Å²) in [5, 5.41) is 5.06. The van der Waals surface area contributed by atoms with E-state index in [1.54, 1.807) is 0 Å². The van der Waals surface area contributed by atoms with E-state index in [0.717, 1.165) is 5.57 Å². The normalized spacial score (nSPS) is 11.8. The fourth-order valence-electron chi connectivity index (χ4n) is 3.19. The Balaban J connectivity index is 1.96. The first-order valence-electron chi connectivity index (χ1n) is 8.16. The molecule has 24 heavy (non-hydrogen) atoms. The Morgan fingerprint density at radius 2 is 1.33 bits per heavy atom. The van der Waals surface area contributed by atoms with Gasteiger partial charge in [0.25, 0.3) is 0 Å². The molecule has 0 saturated carbocycles. The maximum atomic E-state index is 4.03. The third kappa shape index (κ3) is 2.63. The van der Waals surface area contributed by atoms with Crippen molar-refractivity contribution in [1.29, 1.82) is 0 Å². The zero-order valence-electron chi connectivity index (χ0n) is 13.4. The van der Waals surface area contributed by atoms with Crippen molar-refractivity contribution < 1.29 is 0 Å². The molecule has 0 fully saturated rings. The second kappa shape index (κ2) is 6.17. The molecule has 0 nitrogen and oxygen atoms in total. The zero-order chi connectivity index (χ0) is 16.4. The summed E-state index contributed by atoms with van der Waals surface area (Å²) >= 11 is 0. The van der Waals surface area contributed by atoms with Crippen LogP contribution in [0.4, 0.5) is 0 Å². The fourth-order valence-corrected chi connectivity index (χ4v) is 3.19. The molecule has 0 saturated heterocycles. The Bertz CT molecular complexity index is 1050. The molecule has 0 N–H and O–H groups in total. The molecule has 0 heterocycles. The highest BCUT2D eigenvalue weighted by Gasteiger charge is 2.06. The number of allylic oxidation sites excluding steroid dienone is 2. The largest absolute Gasteiger partial charge is 0.0984 e. The summed E-state index contributed by atoms with van der Waals surface area (Å²) < 4.78 is 0. The van der Waals surface area contributed by atoms with Gasteiger partial charge in [-0.3, -0.25) is 0 Å². The molecule has 4 aromatic rings. The van der Waals surface area contributed by atoms with Crippen LogP contribution in [0.1, 0.15) is 11.1 Å². The second-order valence-electron chi connectivity index (χ2n) is 5.94. The summed E-state index contributed by atoms with van der Waals surface area (Å²) in [5.74, 6) is 0. The van der Waals surface area contributed by atoms with Gasteiger partial charge in [0.05, 0.1) is 0 Å². The summed E-state index contributed by atoms with van der Waals surface area (Å²) in [6.07, 6.45) is 4.13. The maximum absolute atomic E-state index is 4.03. The van der Waals surface area contributed by atoms with E-state index in [0.29, 0.717) is 0 Å². The standard InChI is InChI=1S/C24H18/c1-2-19(15-18-9-4-3-5-10-18)23-14-8-13-22-16-20-11-6-7-12-21(20)17-24(22)23/h2-17H,1H2. The van der Waals surface area contributed by atoms with E-state index < -0.39 is 0 Å². The van der Waals surface area contributed by atoms with Crippen LogP contribution in [-0.4, -0.2) is 0 Å². The molecule has 0 aliphatic rings. The minimum atomic E-state index is 1.14. The fraction of sp³-hybridized carbons (Fsp3) is 0. The molecule has 0 aromatic heterocycles. The lowest BCUT2D eigenvalue weighted by atomic mass is 9.94. The quantitative estimate of drug-likeness (QED) is 0.224. The van der Waals surface area contributed by atoms with Crippen LogP contribution in [0, 0.1) is 0 Å². The van der Waals surface area contributed by atoms with E-state index in [-0.39, 0.29) is 0 Å². The summed E-state index contributed by atoms with van der Waals surface area (Å²) in [7, 11) is 0. The highest BCUT2D eigenvalue weighted by atomic mass is 14.1. The molecule has 0 heteroatoms. The van der Waals surface area contributed by atoms with E-state index in [1.807, 2.05) is 12.1 Å². The highest BCUT2D eigenvalue weighted by molar-refractivity contribution is 6.06. The number of benzene rings is 4. The molecule has 0 atom stereocenters. The molecule has 0 unspecified atom stereocenters. The second-order valence-corrected chi connectivity index (χ2v) is 5.94. The van der Waals surface area contributed by atoms with E-state index in [1.165, 1.54) is 32.7 Å². The lowest BCUT2D eigenvalue weighted by molar-refractivity contribution is 1.65. The van der Waals surface area contributed by atoms with Gasteiger partial charge in [0, 0.05) is 0 Å². The van der Waals surface area contributed by atoms with Gasteiger partial charge in [-0.25, -0.2) is 0 Å². The first-order valence-corrected chi connectivity index (χ1v) is 8.16. The Hall–Kier alpha value is -3.12. The third-order valence-corrected chi connectivity index (χ3v) is 4.40. The summed E-state index contributed by atoms with van der Waals surface area (Å²) in [6.45, 7) is 4.03. The average molecular weight is 306 g/mol. The Kier molecular flexibility index (Phi) is 3.72. The third-order valence-electron chi connectivity index (χ3n) is 4.40. The van der Waals surface area contributed by atoms with Gasteiger partial charge in [0.1, 0.15) is 0 Å². The molecule has 0 bridgehead atoms. The molecule has 0 aliphatic heterocycles. The minimum Gasteiger partial charge on any atom is -0.0984 e. The molecule has 4 aromatic carbocycles. The lowest BCUT2D eigenvalue weighted by Crippen LogP contribution is -1.86. The van der Waals surface area contributed by atoms with Crippen LogP contribution in [0.2, 0.25) is 0 Å². The van der Waals surface area contributed by atoms with Crippen molar-refractivity contribution in [1.82, 2.24) is 0 Å². The van der Waals surface area contributed by atoms with Gasteiger partial charge in [-0.1, -0.05) is 85.5 Å². The van der Waals surface area contributed by atoms with Crippen LogP contribution in [0.5, 0.6) is 0 Å². The molecule has 0 radical (unpaired) electrons. The summed E-state index contributed by atoms with van der Waals surface area (Å²) in [6, 6.07) is 29.9. The van der Waals surface area contributed by atoms with Crippen LogP contribution in [0.3, 0.4) is 0 Å². The van der Waals surface area contributed by atoms with Crippen molar-refractivity contribution in [3.63, 3.8) is 0 Å². The van der Waals surface area contributed by atoms with Gasteiger partial charge in [-0.2, -0.15) is 0 Å². The lowest BCUT2D eigenvalue weighted by Gasteiger charge is -2.10. The molecular formula is C24H18. The number of fused-ring (bicyclic) bond motifs is 2. The zero-order valence-corrected chi connectivity index (χ0v) is 13.4. The smallest absolute Gasteiger partial charge is 0.00990 e. The number of hydrogen-bond acceptors (Lipinski definition) is 0. The molecule has 114 valence electrons. The Morgan fingerprint density at radius 1 is 0.667 bits per heavy atom. The van der Waals surface area contributed by atoms with Gasteiger partial charge in [-0.05, 0) is 56.5 Å². The SMILES string of the molecule is C=CC(=Cc1ccccc1)c1cccc2cc3ccccc3cc12. The first-order chi connectivity index (χ1) is 11.8. The van der Waals surface area contributed by atoms with Gasteiger partial charge in [0.15, 0.2) is 0 Å². The van der Waals surface area contributed by atoms with Gasteiger partial charge in [0.2, 0.25) is 0 Å². The first kappa shape index (κ1) is 14.5. The van der Waals surface area contributed by atoms with Crippen LogP contribution < -0.4 is 0 Å². The van der Waals surface area contributed by atoms with Crippen LogP contribution in [0.25, 0.3) is 33.2 Å². The number of rotatable bonds is 3. The summed E-state index contributed by atoms with van der Waals surface area (Å²) in [4.78, 5) is 0. The van der Waals surface area contributed by atoms with Crippen molar-refractivity contribution >= 4 is 33.2 Å². The predicted octanol–water partition coefficient (Wildman–Crippen LogP) is 6.72. The summed E-state index contributed by atoms with van der Waals surface area (Å²) in [5.41, 5.74) is 3.55. The average Bonchev–Trinajstić information content (AvgIpc) is 2.65. The highest BCUT2D eigenvalue weighted by Crippen LogP contribution is 2.30. The van der Waals surface area contributed by atoms with Crippen LogP contribution in [0.15, 0.2) is 97.6 Å². The van der Waals surface area contributed by atoms with Gasteiger partial charge in [-0.15, -0.1) is 0 Å². The van der Waals surface area contributed by atoms with Crippen molar-refractivity contribution in [2.75, 3.05) is 0 Å². The molecule has 0 aliphatic carbocycles. The van der Waals surface area contributed by atoms with Gasteiger partial charge >= 0.3 is 0 Å². The van der Waals surface area contributed by atoms with Crippen molar-refractivity contribution in [2.24, 2.45) is 0 Å². The van der Waals surface area contributed by atoms with Crippen molar-refractivity contribution in [3.05, 3.63) is 109 Å². The molecule has 0 spiro atoms. The van der Waals surface area contributed by atoms with E-state index >= 15 is 0 Å². The molecule has 4 rings (SSSR count). The van der Waals surface area contributed by atoms with Gasteiger partial charge < -0.3 is 0 Å².